The second kappa shape index (κ2) is 9.12. The lowest BCUT2D eigenvalue weighted by Gasteiger charge is -2.28. The summed E-state index contributed by atoms with van der Waals surface area (Å²) < 4.78 is 19.0. The van der Waals surface area contributed by atoms with Gasteiger partial charge in [-0.2, -0.15) is 0 Å². The van der Waals surface area contributed by atoms with Crippen LogP contribution in [0.2, 0.25) is 0 Å². The molecule has 2 aliphatic rings. The minimum absolute atomic E-state index is 0.0512. The number of likely N-dealkylation sites (tertiary alicyclic amines) is 1. The quantitative estimate of drug-likeness (QED) is 0.876. The van der Waals surface area contributed by atoms with E-state index in [9.17, 15) is 14.0 Å². The fourth-order valence-electron chi connectivity index (χ4n) is 3.70. The number of carbonyl (C=O) groups excluding carboxylic acids is 2. The van der Waals surface area contributed by atoms with Crippen LogP contribution in [0.1, 0.15) is 56.6 Å². The van der Waals surface area contributed by atoms with E-state index in [1.807, 2.05) is 0 Å². The number of nitrogens with zero attached hydrogens (tertiary/aromatic N) is 1. The van der Waals surface area contributed by atoms with E-state index in [1.54, 1.807) is 17.0 Å². The first kappa shape index (κ1) is 18.8. The molecule has 0 bridgehead atoms. The van der Waals surface area contributed by atoms with Crippen LogP contribution in [0.15, 0.2) is 24.3 Å². The fourth-order valence-corrected chi connectivity index (χ4v) is 3.70. The summed E-state index contributed by atoms with van der Waals surface area (Å²) >= 11 is 0. The zero-order valence-corrected chi connectivity index (χ0v) is 15.1. The van der Waals surface area contributed by atoms with Crippen LogP contribution in [0.5, 0.6) is 0 Å². The topological polar surface area (TPSA) is 58.6 Å². The second-order valence-electron chi connectivity index (χ2n) is 7.13. The van der Waals surface area contributed by atoms with Gasteiger partial charge in [0.05, 0.1) is 18.7 Å². The predicted octanol–water partition coefficient (Wildman–Crippen LogP) is 2.95. The normalized spacial score (nSPS) is 22.6. The third-order valence-electron chi connectivity index (χ3n) is 5.14. The number of nitrogens with one attached hydrogen (secondary N) is 1. The van der Waals surface area contributed by atoms with Gasteiger partial charge in [0.15, 0.2) is 0 Å². The summed E-state index contributed by atoms with van der Waals surface area (Å²) in [6, 6.07) is 5.83. The molecule has 26 heavy (non-hydrogen) atoms. The number of ether oxygens (including phenoxy) is 1. The van der Waals surface area contributed by atoms with Crippen molar-refractivity contribution < 1.29 is 18.7 Å². The van der Waals surface area contributed by atoms with Crippen molar-refractivity contribution in [1.29, 1.82) is 0 Å². The van der Waals surface area contributed by atoms with Gasteiger partial charge in [-0.25, -0.2) is 4.39 Å². The van der Waals surface area contributed by atoms with Gasteiger partial charge in [-0.3, -0.25) is 9.59 Å². The van der Waals surface area contributed by atoms with E-state index >= 15 is 0 Å². The summed E-state index contributed by atoms with van der Waals surface area (Å²) in [5, 5.41) is 3.02. The van der Waals surface area contributed by atoms with Gasteiger partial charge in [0.1, 0.15) is 5.82 Å². The van der Waals surface area contributed by atoms with E-state index in [2.05, 4.69) is 5.32 Å². The molecule has 0 radical (unpaired) electrons. The highest BCUT2D eigenvalue weighted by molar-refractivity contribution is 5.85. The molecule has 1 N–H and O–H groups in total. The zero-order valence-electron chi connectivity index (χ0n) is 15.1. The lowest BCUT2D eigenvalue weighted by atomic mass is 9.99. The first-order valence-corrected chi connectivity index (χ1v) is 9.58. The highest BCUT2D eigenvalue weighted by Crippen LogP contribution is 2.27. The largest absolute Gasteiger partial charge is 0.376 e. The summed E-state index contributed by atoms with van der Waals surface area (Å²) in [4.78, 5) is 26.5. The molecule has 0 spiro atoms. The maximum atomic E-state index is 13.3. The number of halogens is 1. The Bertz CT molecular complexity index is 614. The Morgan fingerprint density at radius 3 is 2.69 bits per heavy atom. The Hall–Kier alpha value is -1.95. The number of rotatable bonds is 5. The van der Waals surface area contributed by atoms with Crippen LogP contribution in [0, 0.1) is 5.82 Å². The first-order valence-electron chi connectivity index (χ1n) is 9.58. The zero-order chi connectivity index (χ0) is 18.4. The second-order valence-corrected chi connectivity index (χ2v) is 7.13. The van der Waals surface area contributed by atoms with Gasteiger partial charge in [-0.15, -0.1) is 0 Å². The highest BCUT2D eigenvalue weighted by Gasteiger charge is 2.29. The van der Waals surface area contributed by atoms with Crippen molar-refractivity contribution in [3.05, 3.63) is 35.6 Å². The maximum Gasteiger partial charge on any atom is 0.240 e. The van der Waals surface area contributed by atoms with Crippen molar-refractivity contribution >= 4 is 11.8 Å². The van der Waals surface area contributed by atoms with Crippen LogP contribution in [0.4, 0.5) is 4.39 Å². The van der Waals surface area contributed by atoms with E-state index in [1.165, 1.54) is 12.1 Å². The summed E-state index contributed by atoms with van der Waals surface area (Å²) in [5.74, 6) is -0.448. The summed E-state index contributed by atoms with van der Waals surface area (Å²) in [7, 11) is 0. The molecule has 5 nitrogen and oxygen atoms in total. The minimum Gasteiger partial charge on any atom is -0.376 e. The molecule has 0 aromatic heterocycles. The molecule has 2 unspecified atom stereocenters. The lowest BCUT2D eigenvalue weighted by molar-refractivity contribution is -0.137. The Morgan fingerprint density at radius 2 is 1.96 bits per heavy atom. The number of benzene rings is 1. The van der Waals surface area contributed by atoms with E-state index in [-0.39, 0.29) is 36.3 Å². The van der Waals surface area contributed by atoms with Crippen molar-refractivity contribution in [2.24, 2.45) is 0 Å². The van der Waals surface area contributed by atoms with Gasteiger partial charge in [0.2, 0.25) is 11.8 Å². The fraction of sp³-hybridized carbons (Fsp3) is 0.600. The van der Waals surface area contributed by atoms with Crippen molar-refractivity contribution in [3.63, 3.8) is 0 Å². The van der Waals surface area contributed by atoms with Gasteiger partial charge in [0, 0.05) is 19.6 Å². The Labute approximate surface area is 153 Å². The van der Waals surface area contributed by atoms with Gasteiger partial charge in [-0.05, 0) is 43.4 Å². The van der Waals surface area contributed by atoms with Crippen molar-refractivity contribution in [1.82, 2.24) is 10.2 Å². The molecule has 2 saturated heterocycles. The third kappa shape index (κ3) is 5.04. The molecule has 0 aliphatic carbocycles. The molecular formula is C20H27FN2O3. The number of hydrogen-bond donors (Lipinski definition) is 1. The summed E-state index contributed by atoms with van der Waals surface area (Å²) in [6.45, 7) is 1.37. The minimum atomic E-state index is -0.324. The molecule has 2 amide bonds. The van der Waals surface area contributed by atoms with Gasteiger partial charge in [-0.1, -0.05) is 25.0 Å². The Balaban J connectivity index is 1.66. The van der Waals surface area contributed by atoms with E-state index < -0.39 is 0 Å². The molecule has 1 aromatic rings. The van der Waals surface area contributed by atoms with E-state index in [4.69, 9.17) is 4.74 Å². The van der Waals surface area contributed by atoms with E-state index in [0.29, 0.717) is 19.6 Å². The smallest absolute Gasteiger partial charge is 0.240 e. The van der Waals surface area contributed by atoms with Crippen LogP contribution in [0.3, 0.4) is 0 Å². The molecular weight excluding hydrogens is 335 g/mol. The summed E-state index contributed by atoms with van der Waals surface area (Å²) in [6.07, 6.45) is 6.20. The maximum absolute atomic E-state index is 13.3. The molecule has 142 valence electrons. The number of carbonyl (C=O) groups is 2. The number of hydrogen-bond acceptors (Lipinski definition) is 3. The monoisotopic (exact) mass is 362 g/mol. The van der Waals surface area contributed by atoms with Crippen molar-refractivity contribution in [2.75, 3.05) is 19.7 Å². The molecule has 2 heterocycles. The van der Waals surface area contributed by atoms with Crippen molar-refractivity contribution in [2.45, 2.75) is 57.1 Å². The SMILES string of the molecule is O=C(CN1CCCCCCC1=O)NC(c1ccc(F)cc1)C1CCCO1. The van der Waals surface area contributed by atoms with Crippen LogP contribution in [-0.2, 0) is 14.3 Å². The van der Waals surface area contributed by atoms with Crippen LogP contribution in [-0.4, -0.2) is 42.5 Å². The van der Waals surface area contributed by atoms with Crippen molar-refractivity contribution in [3.8, 4) is 0 Å². The molecule has 2 atom stereocenters. The third-order valence-corrected chi connectivity index (χ3v) is 5.14. The van der Waals surface area contributed by atoms with Crippen LogP contribution >= 0.6 is 0 Å². The number of amides is 2. The van der Waals surface area contributed by atoms with E-state index in [0.717, 1.165) is 44.1 Å². The average Bonchev–Trinajstić information content (AvgIpc) is 3.15. The molecule has 2 fully saturated rings. The molecule has 1 aromatic carbocycles. The van der Waals surface area contributed by atoms with Gasteiger partial charge in [0.25, 0.3) is 0 Å². The molecule has 3 rings (SSSR count). The Morgan fingerprint density at radius 1 is 1.19 bits per heavy atom. The molecule has 6 heteroatoms. The lowest BCUT2D eigenvalue weighted by Crippen LogP contribution is -2.44. The van der Waals surface area contributed by atoms with Crippen LogP contribution in [0.25, 0.3) is 0 Å². The highest BCUT2D eigenvalue weighted by atomic mass is 19.1. The summed E-state index contributed by atoms with van der Waals surface area (Å²) in [5.41, 5.74) is 0.825. The standard InChI is InChI=1S/C20H27FN2O3/c21-16-10-8-15(9-11-16)20(17-6-5-13-26-17)22-18(24)14-23-12-4-2-1-3-7-19(23)25/h8-11,17,20H,1-7,12-14H2,(H,22,24). The van der Waals surface area contributed by atoms with Crippen LogP contribution < -0.4 is 5.32 Å². The molecule has 0 saturated carbocycles. The first-order chi connectivity index (χ1) is 12.6. The predicted molar refractivity (Wildman–Crippen MR) is 95.9 cm³/mol. The molecule has 2 aliphatic heterocycles. The Kier molecular flexibility index (Phi) is 6.61. The van der Waals surface area contributed by atoms with Gasteiger partial charge < -0.3 is 15.0 Å². The average molecular weight is 362 g/mol. The van der Waals surface area contributed by atoms with Gasteiger partial charge >= 0.3 is 0 Å².